The van der Waals surface area contributed by atoms with Gasteiger partial charge in [0.25, 0.3) is 0 Å². The molecule has 2 fully saturated rings. The van der Waals surface area contributed by atoms with Gasteiger partial charge in [-0.2, -0.15) is 0 Å². The van der Waals surface area contributed by atoms with Crippen molar-refractivity contribution >= 4 is 29.3 Å². The molecule has 1 aliphatic heterocycles. The van der Waals surface area contributed by atoms with E-state index in [2.05, 4.69) is 5.32 Å². The number of hydrogen-bond acceptors (Lipinski definition) is 4. The van der Waals surface area contributed by atoms with Crippen molar-refractivity contribution in [3.8, 4) is 0 Å². The maximum absolute atomic E-state index is 12.5. The van der Waals surface area contributed by atoms with Gasteiger partial charge in [-0.15, -0.1) is 0 Å². The molecule has 0 unspecified atom stereocenters. The molecule has 4 amide bonds. The van der Waals surface area contributed by atoms with Gasteiger partial charge in [0.1, 0.15) is 0 Å². The average molecular weight is 399 g/mol. The number of anilines is 1. The topological polar surface area (TPSA) is 86.8 Å². The zero-order chi connectivity index (χ0) is 21.1. The Morgan fingerprint density at radius 3 is 2.17 bits per heavy atom. The van der Waals surface area contributed by atoms with Crippen LogP contribution in [0.5, 0.6) is 0 Å². The second-order valence-electron chi connectivity index (χ2n) is 8.14. The minimum absolute atomic E-state index is 0.0318. The first-order chi connectivity index (χ1) is 13.8. The van der Waals surface area contributed by atoms with E-state index in [4.69, 9.17) is 0 Å². The first-order valence-electron chi connectivity index (χ1n) is 10.2. The molecular formula is C22H29N3O4. The van der Waals surface area contributed by atoms with E-state index >= 15 is 0 Å². The molecule has 1 aromatic rings. The Morgan fingerprint density at radius 1 is 1.07 bits per heavy atom. The van der Waals surface area contributed by atoms with Gasteiger partial charge < -0.3 is 10.2 Å². The molecule has 3 rings (SSSR count). The monoisotopic (exact) mass is 399 g/mol. The molecule has 0 bridgehead atoms. The number of likely N-dealkylation sites (tertiary alicyclic amines) is 1. The first kappa shape index (κ1) is 21.0. The van der Waals surface area contributed by atoms with E-state index in [1.807, 2.05) is 32.0 Å². The number of hydrogen-bond donors (Lipinski definition) is 1. The Hall–Kier alpha value is -2.70. The highest BCUT2D eigenvalue weighted by atomic mass is 16.2. The molecule has 1 aromatic carbocycles. The van der Waals surface area contributed by atoms with Crippen LogP contribution in [0.1, 0.15) is 43.2 Å². The van der Waals surface area contributed by atoms with Crippen LogP contribution in [0, 0.1) is 25.7 Å². The van der Waals surface area contributed by atoms with E-state index in [1.165, 1.54) is 9.80 Å². The summed E-state index contributed by atoms with van der Waals surface area (Å²) in [6.07, 6.45) is 3.51. The Morgan fingerprint density at radius 2 is 1.62 bits per heavy atom. The van der Waals surface area contributed by atoms with Crippen molar-refractivity contribution in [3.63, 3.8) is 0 Å². The number of benzene rings is 1. The number of para-hydroxylation sites is 1. The molecule has 7 nitrogen and oxygen atoms in total. The third-order valence-corrected chi connectivity index (χ3v) is 6.03. The van der Waals surface area contributed by atoms with Crippen LogP contribution in [0.25, 0.3) is 0 Å². The van der Waals surface area contributed by atoms with E-state index < -0.39 is 0 Å². The number of aryl methyl sites for hydroxylation is 2. The van der Waals surface area contributed by atoms with Gasteiger partial charge in [-0.1, -0.05) is 31.0 Å². The fourth-order valence-corrected chi connectivity index (χ4v) is 4.34. The third kappa shape index (κ3) is 4.49. The van der Waals surface area contributed by atoms with Crippen LogP contribution in [-0.2, 0) is 19.2 Å². The van der Waals surface area contributed by atoms with Crippen molar-refractivity contribution in [2.24, 2.45) is 11.8 Å². The average Bonchev–Trinajstić information content (AvgIpc) is 2.93. The fourth-order valence-electron chi connectivity index (χ4n) is 4.34. The molecule has 1 saturated heterocycles. The molecule has 1 N–H and O–H groups in total. The van der Waals surface area contributed by atoms with E-state index in [0.717, 1.165) is 42.5 Å². The summed E-state index contributed by atoms with van der Waals surface area (Å²) in [6.45, 7) is 3.84. The molecule has 156 valence electrons. The minimum atomic E-state index is -0.280. The van der Waals surface area contributed by atoms with Crippen LogP contribution in [0.15, 0.2) is 18.2 Å². The lowest BCUT2D eigenvalue weighted by molar-refractivity contribution is -0.141. The minimum Gasteiger partial charge on any atom is -0.336 e. The summed E-state index contributed by atoms with van der Waals surface area (Å²) in [6, 6.07) is 5.76. The molecule has 0 radical (unpaired) electrons. The van der Waals surface area contributed by atoms with Crippen molar-refractivity contribution in [2.45, 2.75) is 46.0 Å². The van der Waals surface area contributed by atoms with E-state index in [1.54, 1.807) is 7.05 Å². The molecule has 1 saturated carbocycles. The molecule has 2 atom stereocenters. The summed E-state index contributed by atoms with van der Waals surface area (Å²) in [7, 11) is 1.56. The Bertz CT molecular complexity index is 791. The van der Waals surface area contributed by atoms with Gasteiger partial charge in [-0.3, -0.25) is 24.1 Å². The van der Waals surface area contributed by atoms with E-state index in [-0.39, 0.29) is 55.0 Å². The van der Waals surface area contributed by atoms with Crippen LogP contribution in [0.4, 0.5) is 5.69 Å². The van der Waals surface area contributed by atoms with Gasteiger partial charge in [0.05, 0.1) is 18.4 Å². The molecule has 2 aliphatic rings. The quantitative estimate of drug-likeness (QED) is 0.744. The molecule has 7 heteroatoms. The summed E-state index contributed by atoms with van der Waals surface area (Å²) < 4.78 is 0. The van der Waals surface area contributed by atoms with Crippen molar-refractivity contribution in [1.29, 1.82) is 0 Å². The van der Waals surface area contributed by atoms with Crippen molar-refractivity contribution in [3.05, 3.63) is 29.3 Å². The van der Waals surface area contributed by atoms with Crippen LogP contribution >= 0.6 is 0 Å². The lowest BCUT2D eigenvalue weighted by atomic mass is 9.81. The second-order valence-corrected chi connectivity index (χ2v) is 8.14. The van der Waals surface area contributed by atoms with Gasteiger partial charge in [0.15, 0.2) is 0 Å². The second kappa shape index (κ2) is 8.76. The van der Waals surface area contributed by atoms with E-state index in [9.17, 15) is 19.2 Å². The predicted octanol–water partition coefficient (Wildman–Crippen LogP) is 2.27. The maximum atomic E-state index is 12.5. The number of imide groups is 1. The summed E-state index contributed by atoms with van der Waals surface area (Å²) in [5.41, 5.74) is 2.67. The first-order valence-corrected chi connectivity index (χ1v) is 10.2. The molecular weight excluding hydrogens is 370 g/mol. The number of carbonyl (C=O) groups excluding carboxylic acids is 4. The maximum Gasteiger partial charge on any atom is 0.243 e. The zero-order valence-corrected chi connectivity index (χ0v) is 17.4. The van der Waals surface area contributed by atoms with Crippen LogP contribution in [0.2, 0.25) is 0 Å². The Balaban J connectivity index is 1.51. The Labute approximate surface area is 171 Å². The molecule has 1 heterocycles. The fraction of sp³-hybridized carbons (Fsp3) is 0.545. The molecule has 0 spiro atoms. The number of nitrogens with one attached hydrogen (secondary N) is 1. The summed E-state index contributed by atoms with van der Waals surface area (Å²) in [5, 5.41) is 2.86. The normalized spacial score (nSPS) is 21.1. The summed E-state index contributed by atoms with van der Waals surface area (Å²) in [5.74, 6) is -1.22. The number of nitrogens with zero attached hydrogens (tertiary/aromatic N) is 2. The number of fused-ring (bicyclic) bond motifs is 1. The number of likely N-dealkylation sites (N-methyl/N-ethyl adjacent to an activating group) is 1. The highest BCUT2D eigenvalue weighted by molar-refractivity contribution is 6.05. The molecule has 1 aliphatic carbocycles. The smallest absolute Gasteiger partial charge is 0.243 e. The van der Waals surface area contributed by atoms with Crippen molar-refractivity contribution in [1.82, 2.24) is 9.80 Å². The van der Waals surface area contributed by atoms with E-state index in [0.29, 0.717) is 0 Å². The van der Waals surface area contributed by atoms with Crippen LogP contribution < -0.4 is 5.32 Å². The van der Waals surface area contributed by atoms with Crippen molar-refractivity contribution < 1.29 is 19.2 Å². The number of amides is 4. The highest BCUT2D eigenvalue weighted by Crippen LogP contribution is 2.38. The van der Waals surface area contributed by atoms with Crippen molar-refractivity contribution in [2.75, 3.05) is 25.5 Å². The van der Waals surface area contributed by atoms with Gasteiger partial charge in [-0.05, 0) is 37.8 Å². The van der Waals surface area contributed by atoms with Crippen LogP contribution in [0.3, 0.4) is 0 Å². The van der Waals surface area contributed by atoms with Crippen LogP contribution in [-0.4, -0.2) is 53.6 Å². The van der Waals surface area contributed by atoms with Gasteiger partial charge >= 0.3 is 0 Å². The highest BCUT2D eigenvalue weighted by Gasteiger charge is 2.47. The lowest BCUT2D eigenvalue weighted by Crippen LogP contribution is -2.38. The predicted molar refractivity (Wildman–Crippen MR) is 109 cm³/mol. The Kier molecular flexibility index (Phi) is 6.35. The molecule has 29 heavy (non-hydrogen) atoms. The standard InChI is InChI=1S/C22H29N3O4/c1-14-7-6-8-15(2)20(14)23-18(26)13-24(3)19(27)11-12-25-21(28)16-9-4-5-10-17(16)22(25)29/h6-8,16-17H,4-5,9-13H2,1-3H3,(H,23,26)/t16-,17-/m0/s1. The third-order valence-electron chi connectivity index (χ3n) is 6.03. The zero-order valence-electron chi connectivity index (χ0n) is 17.4. The van der Waals surface area contributed by atoms with Gasteiger partial charge in [-0.25, -0.2) is 0 Å². The number of rotatable bonds is 6. The summed E-state index contributed by atoms with van der Waals surface area (Å²) in [4.78, 5) is 52.4. The number of carbonyl (C=O) groups is 4. The SMILES string of the molecule is Cc1cccc(C)c1NC(=O)CN(C)C(=O)CCN1C(=O)[C@H]2CCCC[C@@H]2C1=O. The summed E-state index contributed by atoms with van der Waals surface area (Å²) >= 11 is 0. The lowest BCUT2D eigenvalue weighted by Gasteiger charge is -2.20. The van der Waals surface area contributed by atoms with Gasteiger partial charge in [0.2, 0.25) is 23.6 Å². The van der Waals surface area contributed by atoms with Gasteiger partial charge in [0, 0.05) is 25.7 Å². The largest absolute Gasteiger partial charge is 0.336 e. The molecule has 0 aromatic heterocycles.